The molecule has 2 aliphatic rings. The summed E-state index contributed by atoms with van der Waals surface area (Å²) in [7, 11) is 1.67. The van der Waals surface area contributed by atoms with Crippen molar-refractivity contribution in [3.63, 3.8) is 0 Å². The van der Waals surface area contributed by atoms with Crippen molar-refractivity contribution in [1.82, 2.24) is 5.32 Å². The lowest BCUT2D eigenvalue weighted by molar-refractivity contribution is -0.130. The number of nitrogens with one attached hydrogen (secondary N) is 2. The summed E-state index contributed by atoms with van der Waals surface area (Å²) in [5.41, 5.74) is 4.44. The SMILES string of the molecule is COCC1(C(=O)Nc2ccc(CN3CCc4ccccc43)cc2)CCNCC1.Cl.Cl. The number of amides is 1. The number of benzene rings is 2. The van der Waals surface area contributed by atoms with E-state index in [-0.39, 0.29) is 30.7 Å². The number of carbonyl (C=O) groups is 1. The smallest absolute Gasteiger partial charge is 0.233 e. The topological polar surface area (TPSA) is 53.6 Å². The van der Waals surface area contributed by atoms with Crippen LogP contribution in [0.2, 0.25) is 0 Å². The molecule has 0 unspecified atom stereocenters. The van der Waals surface area contributed by atoms with Crippen molar-refractivity contribution >= 4 is 42.1 Å². The molecule has 1 amide bonds. The van der Waals surface area contributed by atoms with Crippen molar-refractivity contribution in [2.24, 2.45) is 5.41 Å². The summed E-state index contributed by atoms with van der Waals surface area (Å²) in [6, 6.07) is 16.9. The Hall–Kier alpha value is -1.79. The predicted molar refractivity (Wildman–Crippen MR) is 127 cm³/mol. The van der Waals surface area contributed by atoms with Crippen LogP contribution in [0.5, 0.6) is 0 Å². The maximum absolute atomic E-state index is 13.0. The van der Waals surface area contributed by atoms with E-state index in [1.54, 1.807) is 7.11 Å². The Kier molecular flexibility index (Phi) is 8.98. The van der Waals surface area contributed by atoms with E-state index in [4.69, 9.17) is 4.74 Å². The van der Waals surface area contributed by atoms with Gasteiger partial charge < -0.3 is 20.3 Å². The number of piperidine rings is 1. The molecule has 0 bridgehead atoms. The number of carbonyl (C=O) groups excluding carboxylic acids is 1. The van der Waals surface area contributed by atoms with Gasteiger partial charge in [0.25, 0.3) is 0 Å². The van der Waals surface area contributed by atoms with Crippen molar-refractivity contribution in [2.45, 2.75) is 25.8 Å². The average molecular weight is 452 g/mol. The second-order valence-electron chi connectivity index (χ2n) is 7.91. The van der Waals surface area contributed by atoms with Gasteiger partial charge >= 0.3 is 0 Å². The highest BCUT2D eigenvalue weighted by atomic mass is 35.5. The molecule has 2 N–H and O–H groups in total. The van der Waals surface area contributed by atoms with E-state index in [1.165, 1.54) is 16.8 Å². The quantitative estimate of drug-likeness (QED) is 0.695. The molecule has 0 aliphatic carbocycles. The molecule has 0 atom stereocenters. The molecule has 0 spiro atoms. The van der Waals surface area contributed by atoms with Crippen LogP contribution in [0, 0.1) is 5.41 Å². The van der Waals surface area contributed by atoms with Gasteiger partial charge in [-0.05, 0) is 61.7 Å². The minimum Gasteiger partial charge on any atom is -0.384 e. The highest BCUT2D eigenvalue weighted by molar-refractivity contribution is 5.95. The summed E-state index contributed by atoms with van der Waals surface area (Å²) in [6.45, 7) is 4.13. The van der Waals surface area contributed by atoms with Gasteiger partial charge in [-0.2, -0.15) is 0 Å². The Morgan fingerprint density at radius 3 is 2.50 bits per heavy atom. The number of rotatable bonds is 6. The predicted octanol–water partition coefficient (Wildman–Crippen LogP) is 4.05. The number of methoxy groups -OCH3 is 1. The Morgan fingerprint density at radius 2 is 1.80 bits per heavy atom. The van der Waals surface area contributed by atoms with Gasteiger partial charge in [0, 0.05) is 31.6 Å². The Bertz CT molecular complexity index is 818. The molecular formula is C23H31Cl2N3O2. The number of hydrogen-bond acceptors (Lipinski definition) is 4. The number of fused-ring (bicyclic) bond motifs is 1. The molecule has 2 aromatic rings. The highest BCUT2D eigenvalue weighted by Gasteiger charge is 2.39. The Labute approximate surface area is 191 Å². The van der Waals surface area contributed by atoms with Crippen molar-refractivity contribution in [3.8, 4) is 0 Å². The van der Waals surface area contributed by atoms with Gasteiger partial charge in [0.05, 0.1) is 12.0 Å². The van der Waals surface area contributed by atoms with Gasteiger partial charge in [-0.15, -0.1) is 24.8 Å². The zero-order valence-electron chi connectivity index (χ0n) is 17.4. The first kappa shape index (κ1) is 24.5. The fourth-order valence-electron chi connectivity index (χ4n) is 4.37. The van der Waals surface area contributed by atoms with Gasteiger partial charge in [0.1, 0.15) is 0 Å². The molecule has 30 heavy (non-hydrogen) atoms. The number of para-hydroxylation sites is 1. The van der Waals surface area contributed by atoms with Gasteiger partial charge in [-0.3, -0.25) is 4.79 Å². The van der Waals surface area contributed by atoms with Gasteiger partial charge in [0.2, 0.25) is 5.91 Å². The van der Waals surface area contributed by atoms with E-state index < -0.39 is 5.41 Å². The van der Waals surface area contributed by atoms with Gasteiger partial charge in [-0.1, -0.05) is 30.3 Å². The van der Waals surface area contributed by atoms with Crippen LogP contribution in [0.25, 0.3) is 0 Å². The summed E-state index contributed by atoms with van der Waals surface area (Å²) < 4.78 is 5.37. The summed E-state index contributed by atoms with van der Waals surface area (Å²) in [5.74, 6) is 0.0667. The molecule has 0 saturated carbocycles. The fraction of sp³-hybridized carbons (Fsp3) is 0.435. The lowest BCUT2D eigenvalue weighted by Gasteiger charge is -2.35. The molecule has 2 aromatic carbocycles. The van der Waals surface area contributed by atoms with Crippen LogP contribution in [0.15, 0.2) is 48.5 Å². The molecule has 1 saturated heterocycles. The molecule has 2 aliphatic heterocycles. The van der Waals surface area contributed by atoms with Crippen LogP contribution in [-0.2, 0) is 22.5 Å². The van der Waals surface area contributed by atoms with Gasteiger partial charge in [0.15, 0.2) is 0 Å². The first-order valence-electron chi connectivity index (χ1n) is 10.1. The van der Waals surface area contributed by atoms with Gasteiger partial charge in [-0.25, -0.2) is 0 Å². The summed E-state index contributed by atoms with van der Waals surface area (Å²) >= 11 is 0. The summed E-state index contributed by atoms with van der Waals surface area (Å²) in [4.78, 5) is 15.4. The Morgan fingerprint density at radius 1 is 1.10 bits per heavy atom. The standard InChI is InChI=1S/C23H29N3O2.2ClH/c1-28-17-23(11-13-24-14-12-23)22(27)25-20-8-6-18(7-9-20)16-26-15-10-19-4-2-3-5-21(19)26;;/h2-9,24H,10-17H2,1H3,(H,25,27);2*1H. The second kappa shape index (κ2) is 11.0. The number of anilines is 2. The minimum atomic E-state index is -0.433. The van der Waals surface area contributed by atoms with E-state index in [2.05, 4.69) is 51.9 Å². The maximum atomic E-state index is 13.0. The highest BCUT2D eigenvalue weighted by Crippen LogP contribution is 2.31. The molecule has 5 nitrogen and oxygen atoms in total. The van der Waals surface area contributed by atoms with Crippen molar-refractivity contribution in [2.75, 3.05) is 43.6 Å². The van der Waals surface area contributed by atoms with E-state index in [1.807, 2.05) is 12.1 Å². The molecule has 2 heterocycles. The lowest BCUT2D eigenvalue weighted by Crippen LogP contribution is -2.47. The zero-order chi connectivity index (χ0) is 19.4. The van der Waals surface area contributed by atoms with Crippen LogP contribution >= 0.6 is 24.8 Å². The normalized spacial score (nSPS) is 16.8. The minimum absolute atomic E-state index is 0. The van der Waals surface area contributed by atoms with Crippen LogP contribution < -0.4 is 15.5 Å². The van der Waals surface area contributed by atoms with Crippen molar-refractivity contribution in [3.05, 3.63) is 59.7 Å². The monoisotopic (exact) mass is 451 g/mol. The largest absolute Gasteiger partial charge is 0.384 e. The fourth-order valence-corrected chi connectivity index (χ4v) is 4.37. The third kappa shape index (κ3) is 5.27. The third-order valence-electron chi connectivity index (χ3n) is 6.03. The van der Waals surface area contributed by atoms with Crippen molar-refractivity contribution < 1.29 is 9.53 Å². The van der Waals surface area contributed by atoms with E-state index >= 15 is 0 Å². The number of nitrogens with zero attached hydrogens (tertiary/aromatic N) is 1. The van der Waals surface area contributed by atoms with Crippen LogP contribution in [0.1, 0.15) is 24.0 Å². The molecule has 1 fully saturated rings. The van der Waals surface area contributed by atoms with E-state index in [0.717, 1.165) is 51.1 Å². The third-order valence-corrected chi connectivity index (χ3v) is 6.03. The number of ether oxygens (including phenoxy) is 1. The first-order chi connectivity index (χ1) is 13.7. The Balaban J connectivity index is 0.00000160. The second-order valence-corrected chi connectivity index (χ2v) is 7.91. The lowest BCUT2D eigenvalue weighted by atomic mass is 9.78. The van der Waals surface area contributed by atoms with Crippen LogP contribution in [0.3, 0.4) is 0 Å². The summed E-state index contributed by atoms with van der Waals surface area (Å²) in [6.07, 6.45) is 2.72. The maximum Gasteiger partial charge on any atom is 0.233 e. The summed E-state index contributed by atoms with van der Waals surface area (Å²) in [5, 5.41) is 6.44. The zero-order valence-corrected chi connectivity index (χ0v) is 19.0. The molecule has 7 heteroatoms. The number of hydrogen-bond donors (Lipinski definition) is 2. The molecule has 4 rings (SSSR count). The van der Waals surface area contributed by atoms with Crippen LogP contribution in [0.4, 0.5) is 11.4 Å². The molecule has 164 valence electrons. The average Bonchev–Trinajstić information content (AvgIpc) is 3.13. The van der Waals surface area contributed by atoms with E-state index in [9.17, 15) is 4.79 Å². The first-order valence-corrected chi connectivity index (χ1v) is 10.1. The van der Waals surface area contributed by atoms with E-state index in [0.29, 0.717) is 6.61 Å². The van der Waals surface area contributed by atoms with Crippen molar-refractivity contribution in [1.29, 1.82) is 0 Å². The molecule has 0 radical (unpaired) electrons. The molecular weight excluding hydrogens is 421 g/mol. The van der Waals surface area contributed by atoms with Crippen LogP contribution in [-0.4, -0.2) is 39.3 Å². The molecule has 0 aromatic heterocycles. The number of halogens is 2.